The van der Waals surface area contributed by atoms with Crippen molar-refractivity contribution in [2.24, 2.45) is 0 Å². The predicted molar refractivity (Wildman–Crippen MR) is 104 cm³/mol. The molecule has 1 fully saturated rings. The Morgan fingerprint density at radius 1 is 1.30 bits per heavy atom. The molecule has 0 atom stereocenters. The molecule has 2 rings (SSSR count). The average molecular weight is 418 g/mol. The zero-order valence-electron chi connectivity index (χ0n) is 16.3. The quantitative estimate of drug-likeness (QED) is 0.622. The van der Waals surface area contributed by atoms with Gasteiger partial charge in [0.05, 0.1) is 32.7 Å². The number of likely N-dealkylation sites (N-methyl/N-ethyl adjacent to an activating group) is 1. The molecule has 0 aromatic carbocycles. The van der Waals surface area contributed by atoms with Crippen molar-refractivity contribution >= 4 is 33.2 Å². The van der Waals surface area contributed by atoms with Crippen molar-refractivity contribution in [3.05, 3.63) is 17.5 Å². The first-order valence-corrected chi connectivity index (χ1v) is 11.2. The number of carbonyl (C=O) groups is 2. The van der Waals surface area contributed by atoms with Crippen molar-refractivity contribution in [1.29, 1.82) is 0 Å². The van der Waals surface area contributed by atoms with Crippen LogP contribution in [0.1, 0.15) is 20.8 Å². The standard InChI is InChI=1S/C17H28N4O4S2/c1-17(2,3)18-14(22)12-20-7-9-21(10-8-20)15(23)13-19(4)27(24,25)16-6-5-11-26-16/h5-6,11H,7-10,12-13H2,1-4H3,(H,18,22)/p+1. The summed E-state index contributed by atoms with van der Waals surface area (Å²) in [6.07, 6.45) is 0. The summed E-state index contributed by atoms with van der Waals surface area (Å²) in [5.74, 6) is -0.213. The summed E-state index contributed by atoms with van der Waals surface area (Å²) in [6, 6.07) is 3.21. The molecular weight excluding hydrogens is 388 g/mol. The molecule has 0 spiro atoms. The highest BCUT2D eigenvalue weighted by Crippen LogP contribution is 2.19. The van der Waals surface area contributed by atoms with Crippen LogP contribution in [0.2, 0.25) is 0 Å². The molecule has 2 amide bonds. The van der Waals surface area contributed by atoms with Gasteiger partial charge in [0, 0.05) is 12.6 Å². The van der Waals surface area contributed by atoms with Gasteiger partial charge in [-0.25, -0.2) is 8.42 Å². The van der Waals surface area contributed by atoms with Gasteiger partial charge in [0.2, 0.25) is 5.91 Å². The normalized spacial score (nSPS) is 16.6. The van der Waals surface area contributed by atoms with Gasteiger partial charge in [-0.15, -0.1) is 11.3 Å². The second kappa shape index (κ2) is 8.68. The van der Waals surface area contributed by atoms with Crippen molar-refractivity contribution in [2.45, 2.75) is 30.5 Å². The van der Waals surface area contributed by atoms with E-state index in [0.717, 1.165) is 20.5 Å². The van der Waals surface area contributed by atoms with Gasteiger partial charge < -0.3 is 15.1 Å². The molecule has 1 aliphatic rings. The fourth-order valence-corrected chi connectivity index (χ4v) is 5.20. The molecule has 1 aromatic heterocycles. The van der Waals surface area contributed by atoms with E-state index in [1.165, 1.54) is 13.1 Å². The molecule has 0 aliphatic carbocycles. The van der Waals surface area contributed by atoms with Crippen LogP contribution < -0.4 is 10.2 Å². The summed E-state index contributed by atoms with van der Waals surface area (Å²) in [4.78, 5) is 27.3. The highest BCUT2D eigenvalue weighted by Gasteiger charge is 2.29. The Morgan fingerprint density at radius 3 is 2.44 bits per heavy atom. The van der Waals surface area contributed by atoms with E-state index in [4.69, 9.17) is 0 Å². The van der Waals surface area contributed by atoms with E-state index in [1.54, 1.807) is 16.3 Å². The van der Waals surface area contributed by atoms with Crippen molar-refractivity contribution in [1.82, 2.24) is 14.5 Å². The second-order valence-corrected chi connectivity index (χ2v) is 11.0. The summed E-state index contributed by atoms with van der Waals surface area (Å²) in [5, 5.41) is 4.64. The molecule has 152 valence electrons. The highest BCUT2D eigenvalue weighted by molar-refractivity contribution is 7.91. The van der Waals surface area contributed by atoms with Crippen molar-refractivity contribution in [2.75, 3.05) is 46.3 Å². The zero-order valence-corrected chi connectivity index (χ0v) is 18.0. The minimum absolute atomic E-state index is 0.000879. The smallest absolute Gasteiger partial charge is 0.275 e. The predicted octanol–water partition coefficient (Wildman–Crippen LogP) is -0.990. The molecule has 2 heterocycles. The van der Waals surface area contributed by atoms with Crippen molar-refractivity contribution in [3.8, 4) is 0 Å². The van der Waals surface area contributed by atoms with E-state index in [-0.39, 0.29) is 28.1 Å². The molecule has 1 aromatic rings. The van der Waals surface area contributed by atoms with Crippen molar-refractivity contribution in [3.63, 3.8) is 0 Å². The van der Waals surface area contributed by atoms with Gasteiger partial charge in [0.25, 0.3) is 15.9 Å². The summed E-state index contributed by atoms with van der Waals surface area (Å²) in [6.45, 7) is 8.40. The van der Waals surface area contributed by atoms with E-state index < -0.39 is 10.0 Å². The Bertz CT molecular complexity index is 748. The fourth-order valence-electron chi connectivity index (χ4n) is 2.88. The number of rotatable bonds is 6. The molecule has 1 aliphatic heterocycles. The molecule has 2 N–H and O–H groups in total. The van der Waals surface area contributed by atoms with Gasteiger partial charge in [-0.3, -0.25) is 9.59 Å². The van der Waals surface area contributed by atoms with Crippen molar-refractivity contribution < 1.29 is 22.9 Å². The number of hydrogen-bond acceptors (Lipinski definition) is 5. The van der Waals surface area contributed by atoms with E-state index in [0.29, 0.717) is 32.7 Å². The van der Waals surface area contributed by atoms with E-state index in [2.05, 4.69) is 5.32 Å². The van der Waals surface area contributed by atoms with Gasteiger partial charge >= 0.3 is 0 Å². The van der Waals surface area contributed by atoms with Gasteiger partial charge in [-0.1, -0.05) is 6.07 Å². The molecule has 8 nitrogen and oxygen atoms in total. The van der Waals surface area contributed by atoms with Crippen LogP contribution in [0, 0.1) is 0 Å². The summed E-state index contributed by atoms with van der Waals surface area (Å²) in [7, 11) is -2.21. The number of amides is 2. The monoisotopic (exact) mass is 417 g/mol. The lowest BCUT2D eigenvalue weighted by Crippen LogP contribution is -3.16. The fraction of sp³-hybridized carbons (Fsp3) is 0.647. The van der Waals surface area contributed by atoms with Crippen LogP contribution >= 0.6 is 11.3 Å². The topological polar surface area (TPSA) is 91.2 Å². The Kier molecular flexibility index (Phi) is 7.01. The van der Waals surface area contributed by atoms with Gasteiger partial charge in [-0.05, 0) is 32.2 Å². The van der Waals surface area contributed by atoms with Gasteiger partial charge in [0.1, 0.15) is 4.21 Å². The molecule has 0 bridgehead atoms. The lowest BCUT2D eigenvalue weighted by Gasteiger charge is -2.33. The average Bonchev–Trinajstić information content (AvgIpc) is 3.08. The molecule has 0 saturated carbocycles. The Labute approximate surface area is 165 Å². The number of thiophene rings is 1. The van der Waals surface area contributed by atoms with E-state index >= 15 is 0 Å². The summed E-state index contributed by atoms with van der Waals surface area (Å²) >= 11 is 1.13. The SMILES string of the molecule is CN(CC(=O)N1CC[NH+](CC(=O)NC(C)(C)C)CC1)S(=O)(=O)c1cccs1. The Balaban J connectivity index is 1.82. The number of hydrogen-bond donors (Lipinski definition) is 2. The lowest BCUT2D eigenvalue weighted by molar-refractivity contribution is -0.896. The Morgan fingerprint density at radius 2 is 1.93 bits per heavy atom. The third-order valence-electron chi connectivity index (χ3n) is 4.27. The molecular formula is C17H29N4O4S2+. The maximum Gasteiger partial charge on any atom is 0.275 e. The summed E-state index contributed by atoms with van der Waals surface area (Å²) < 4.78 is 26.2. The number of carbonyl (C=O) groups excluding carboxylic acids is 2. The van der Waals surface area contributed by atoms with E-state index in [9.17, 15) is 18.0 Å². The third kappa shape index (κ3) is 6.27. The minimum Gasteiger partial charge on any atom is -0.347 e. The minimum atomic E-state index is -3.63. The van der Waals surface area contributed by atoms with Gasteiger partial charge in [0.15, 0.2) is 6.54 Å². The number of piperazine rings is 1. The molecule has 27 heavy (non-hydrogen) atoms. The Hall–Kier alpha value is -1.49. The first kappa shape index (κ1) is 21.8. The molecule has 0 unspecified atom stereocenters. The van der Waals surface area contributed by atoms with Crippen LogP contribution in [0.3, 0.4) is 0 Å². The van der Waals surface area contributed by atoms with Crippen LogP contribution in [-0.4, -0.2) is 81.3 Å². The number of nitrogens with one attached hydrogen (secondary N) is 2. The van der Waals surface area contributed by atoms with Crippen LogP contribution in [-0.2, 0) is 19.6 Å². The summed E-state index contributed by atoms with van der Waals surface area (Å²) in [5.41, 5.74) is -0.257. The number of quaternary nitrogens is 1. The van der Waals surface area contributed by atoms with Crippen LogP contribution in [0.15, 0.2) is 21.7 Å². The number of nitrogens with zero attached hydrogens (tertiary/aromatic N) is 2. The van der Waals surface area contributed by atoms with E-state index in [1.807, 2.05) is 20.8 Å². The van der Waals surface area contributed by atoms with Crippen LogP contribution in [0.5, 0.6) is 0 Å². The molecule has 0 radical (unpaired) electrons. The first-order chi connectivity index (χ1) is 12.5. The lowest BCUT2D eigenvalue weighted by atomic mass is 10.1. The molecule has 1 saturated heterocycles. The zero-order chi connectivity index (χ0) is 20.2. The maximum absolute atomic E-state index is 12.5. The third-order valence-corrected chi connectivity index (χ3v) is 7.44. The van der Waals surface area contributed by atoms with Crippen LogP contribution in [0.25, 0.3) is 0 Å². The largest absolute Gasteiger partial charge is 0.347 e. The van der Waals surface area contributed by atoms with Gasteiger partial charge in [-0.2, -0.15) is 4.31 Å². The number of sulfonamides is 1. The highest BCUT2D eigenvalue weighted by atomic mass is 32.2. The second-order valence-electron chi connectivity index (χ2n) is 7.80. The molecule has 10 heteroatoms. The maximum atomic E-state index is 12.5. The first-order valence-electron chi connectivity index (χ1n) is 8.91. The van der Waals surface area contributed by atoms with Crippen LogP contribution in [0.4, 0.5) is 0 Å².